The van der Waals surface area contributed by atoms with Gasteiger partial charge in [-0.15, -0.1) is 11.3 Å². The number of hydrogen-bond acceptors (Lipinski definition) is 10. The van der Waals surface area contributed by atoms with E-state index in [1.54, 1.807) is 62.4 Å². The Hall–Kier alpha value is -5.95. The Kier molecular flexibility index (Phi) is 12.3. The highest BCUT2D eigenvalue weighted by Gasteiger charge is 2.43. The van der Waals surface area contributed by atoms with Crippen molar-refractivity contribution in [3.63, 3.8) is 0 Å². The lowest BCUT2D eigenvalue weighted by Crippen LogP contribution is -2.55. The molecule has 8 rings (SSSR count). The van der Waals surface area contributed by atoms with Crippen molar-refractivity contribution < 1.29 is 37.3 Å². The summed E-state index contributed by atoms with van der Waals surface area (Å²) < 4.78 is 48.6. The van der Waals surface area contributed by atoms with Crippen LogP contribution in [0.15, 0.2) is 107 Å². The Morgan fingerprint density at radius 2 is 1.61 bits per heavy atom. The predicted octanol–water partition coefficient (Wildman–Crippen LogP) is 8.62. The van der Waals surface area contributed by atoms with E-state index in [-0.39, 0.29) is 30.2 Å². The summed E-state index contributed by atoms with van der Waals surface area (Å²) in [5, 5.41) is 23.5. The van der Waals surface area contributed by atoms with E-state index in [2.05, 4.69) is 16.4 Å². The van der Waals surface area contributed by atoms with Crippen LogP contribution in [0, 0.1) is 25.2 Å². The van der Waals surface area contributed by atoms with Crippen LogP contribution in [0.5, 0.6) is 17.2 Å². The number of benzene rings is 5. The highest BCUT2D eigenvalue weighted by molar-refractivity contribution is 7.91. The average Bonchev–Trinajstić information content (AvgIpc) is 3.63. The minimum Gasteiger partial charge on any atom is -0.489 e. The zero-order chi connectivity index (χ0) is 43.7. The molecular formula is C46H38Cl2N4O8S2. The van der Waals surface area contributed by atoms with Gasteiger partial charge in [-0.1, -0.05) is 77.8 Å². The monoisotopic (exact) mass is 908 g/mol. The molecule has 2 N–H and O–H groups in total. The van der Waals surface area contributed by atoms with Crippen molar-refractivity contribution >= 4 is 56.4 Å². The van der Waals surface area contributed by atoms with E-state index < -0.39 is 40.1 Å². The van der Waals surface area contributed by atoms with Crippen LogP contribution in [0.25, 0.3) is 11.1 Å². The first-order valence-corrected chi connectivity index (χ1v) is 22.5. The number of sulfonamides is 1. The van der Waals surface area contributed by atoms with Crippen molar-refractivity contribution in [2.24, 2.45) is 0 Å². The van der Waals surface area contributed by atoms with Crippen LogP contribution in [-0.4, -0.2) is 53.4 Å². The van der Waals surface area contributed by atoms with Gasteiger partial charge in [0, 0.05) is 13.0 Å². The van der Waals surface area contributed by atoms with Crippen LogP contribution in [0.4, 0.5) is 0 Å². The maximum absolute atomic E-state index is 14.5. The second-order valence-electron chi connectivity index (χ2n) is 15.0. The molecule has 3 unspecified atom stereocenters. The normalized spacial score (nSPS) is 16.4. The molecule has 6 aromatic rings. The van der Waals surface area contributed by atoms with Crippen LogP contribution in [0.1, 0.15) is 50.2 Å². The number of carboxylic acid groups (broad SMARTS) is 1. The number of nitriles is 1. The van der Waals surface area contributed by atoms with E-state index in [0.29, 0.717) is 66.9 Å². The number of rotatable bonds is 12. The molecule has 1 amide bonds. The summed E-state index contributed by atoms with van der Waals surface area (Å²) in [6, 6.07) is 30.0. The number of ether oxygens (including phenoxy) is 3. The fourth-order valence-electron chi connectivity index (χ4n) is 7.47. The van der Waals surface area contributed by atoms with E-state index in [9.17, 15) is 23.1 Å². The van der Waals surface area contributed by atoms with Gasteiger partial charge in [0.05, 0.1) is 32.4 Å². The molecule has 1 aromatic heterocycles. The number of thiazole rings is 1. The van der Waals surface area contributed by atoms with Gasteiger partial charge in [0.25, 0.3) is 10.0 Å². The number of fused-ring (bicyclic) bond motifs is 2. The molecule has 2 aliphatic rings. The molecule has 316 valence electrons. The van der Waals surface area contributed by atoms with Gasteiger partial charge >= 0.3 is 5.97 Å². The highest BCUT2D eigenvalue weighted by atomic mass is 35.5. The zero-order valence-electron chi connectivity index (χ0n) is 33.3. The van der Waals surface area contributed by atoms with E-state index in [4.69, 9.17) is 42.7 Å². The number of nitrogens with one attached hydrogen (secondary N) is 1. The second kappa shape index (κ2) is 17.8. The largest absolute Gasteiger partial charge is 0.489 e. The molecular weight excluding hydrogens is 872 g/mol. The van der Waals surface area contributed by atoms with Crippen LogP contribution in [-0.2, 0) is 45.6 Å². The minimum absolute atomic E-state index is 0.00962. The number of carbonyl (C=O) groups is 2. The lowest BCUT2D eigenvalue weighted by atomic mass is 9.94. The maximum Gasteiger partial charge on any atom is 0.326 e. The third-order valence-corrected chi connectivity index (χ3v) is 15.0. The number of carbonyl (C=O) groups excluding carboxylic acids is 1. The summed E-state index contributed by atoms with van der Waals surface area (Å²) in [6.07, 6.45) is -0.576. The topological polar surface area (TPSA) is 168 Å². The summed E-state index contributed by atoms with van der Waals surface area (Å²) in [5.74, 6) is -0.519. The van der Waals surface area contributed by atoms with Crippen molar-refractivity contribution in [3.05, 3.63) is 157 Å². The van der Waals surface area contributed by atoms with E-state index in [1.807, 2.05) is 54.6 Å². The third-order valence-electron chi connectivity index (χ3n) is 10.7. The molecule has 0 saturated carbocycles. The fourth-order valence-corrected chi connectivity index (χ4v) is 11.0. The van der Waals surface area contributed by atoms with Crippen molar-refractivity contribution in [1.82, 2.24) is 14.6 Å². The number of carboxylic acids is 1. The Labute approximate surface area is 372 Å². The number of halogens is 2. The summed E-state index contributed by atoms with van der Waals surface area (Å²) in [4.78, 5) is 31.2. The molecule has 0 fully saturated rings. The van der Waals surface area contributed by atoms with Crippen molar-refractivity contribution in [2.45, 2.75) is 62.2 Å². The number of amides is 1. The Morgan fingerprint density at radius 1 is 0.935 bits per heavy atom. The standard InChI is InChI=1S/C46H38Cl2N4O8S2/c1-26-46(61-27(2)50-26)62(56,57)52-23-35-21-42-41(59-25-43(60-42)33-12-14-36(15-13-33)58-24-30-7-16-37(47)38(48)17-30)20-34(35)19-40(52)44(53)51-39(45(54)55)18-28-3-8-31(9-4-28)32-10-5-29(22-49)6-11-32/h3-17,20-21,39-40,43H,18-19,23-25H2,1-2H3,(H,51,53)(H,54,55). The lowest BCUT2D eigenvalue weighted by molar-refractivity contribution is -0.142. The first-order valence-electron chi connectivity index (χ1n) is 19.5. The van der Waals surface area contributed by atoms with Gasteiger partial charge in [0.1, 0.15) is 31.0 Å². The van der Waals surface area contributed by atoms with Gasteiger partial charge in [0.15, 0.2) is 21.8 Å². The third kappa shape index (κ3) is 9.13. The molecule has 0 radical (unpaired) electrons. The van der Waals surface area contributed by atoms with Crippen LogP contribution >= 0.6 is 34.5 Å². The van der Waals surface area contributed by atoms with Crippen LogP contribution in [0.2, 0.25) is 10.0 Å². The van der Waals surface area contributed by atoms with Gasteiger partial charge < -0.3 is 24.6 Å². The smallest absolute Gasteiger partial charge is 0.326 e. The molecule has 3 atom stereocenters. The first kappa shape index (κ1) is 42.7. The zero-order valence-corrected chi connectivity index (χ0v) is 36.4. The predicted molar refractivity (Wildman–Crippen MR) is 234 cm³/mol. The Bertz CT molecular complexity index is 2830. The summed E-state index contributed by atoms with van der Waals surface area (Å²) in [5.41, 5.74) is 6.23. The van der Waals surface area contributed by atoms with Crippen LogP contribution < -0.4 is 19.5 Å². The summed E-state index contributed by atoms with van der Waals surface area (Å²) in [7, 11) is -4.30. The molecule has 0 bridgehead atoms. The van der Waals surface area contributed by atoms with Gasteiger partial charge in [-0.2, -0.15) is 9.57 Å². The number of hydrogen-bond donors (Lipinski definition) is 2. The quantitative estimate of drug-likeness (QED) is 0.121. The van der Waals surface area contributed by atoms with Crippen molar-refractivity contribution in [2.75, 3.05) is 6.61 Å². The Morgan fingerprint density at radius 3 is 2.26 bits per heavy atom. The van der Waals surface area contributed by atoms with Crippen LogP contribution in [0.3, 0.4) is 0 Å². The number of aromatic nitrogens is 1. The molecule has 16 heteroatoms. The summed E-state index contributed by atoms with van der Waals surface area (Å²) >= 11 is 13.2. The lowest BCUT2D eigenvalue weighted by Gasteiger charge is -2.36. The first-order chi connectivity index (χ1) is 29.7. The highest BCUT2D eigenvalue weighted by Crippen LogP contribution is 2.42. The van der Waals surface area contributed by atoms with Crippen molar-refractivity contribution in [3.8, 4) is 34.4 Å². The van der Waals surface area contributed by atoms with E-state index in [0.717, 1.165) is 37.9 Å². The molecule has 3 heterocycles. The van der Waals surface area contributed by atoms with E-state index in [1.165, 1.54) is 0 Å². The Balaban J connectivity index is 1.01. The van der Waals surface area contributed by atoms with E-state index >= 15 is 0 Å². The fraction of sp³-hybridized carbons (Fsp3) is 0.217. The minimum atomic E-state index is -4.30. The van der Waals surface area contributed by atoms with Crippen molar-refractivity contribution in [1.29, 1.82) is 5.26 Å². The number of aryl methyl sites for hydroxylation is 2. The number of nitrogens with zero attached hydrogens (tertiary/aromatic N) is 3. The maximum atomic E-state index is 14.5. The van der Waals surface area contributed by atoms with Gasteiger partial charge in [-0.05, 0) is 108 Å². The summed E-state index contributed by atoms with van der Waals surface area (Å²) in [6.45, 7) is 3.61. The molecule has 2 aliphatic heterocycles. The van der Waals surface area contributed by atoms with Gasteiger partial charge in [-0.25, -0.2) is 18.2 Å². The molecule has 0 aliphatic carbocycles. The van der Waals surface area contributed by atoms with Gasteiger partial charge in [0.2, 0.25) is 5.91 Å². The molecule has 0 saturated heterocycles. The second-order valence-corrected chi connectivity index (χ2v) is 19.1. The SMILES string of the molecule is Cc1nc(C)c(S(=O)(=O)N2Cc3cc4c(cc3CC2C(=O)NC(Cc2ccc(-c3ccc(C#N)cc3)cc2)C(=O)O)OCC(c2ccc(OCc3ccc(Cl)c(Cl)c3)cc2)O4)s1. The molecule has 62 heavy (non-hydrogen) atoms. The average molecular weight is 910 g/mol. The molecule has 5 aromatic carbocycles. The van der Waals surface area contributed by atoms with Gasteiger partial charge in [-0.3, -0.25) is 4.79 Å². The molecule has 0 spiro atoms. The molecule has 12 nitrogen and oxygen atoms in total. The number of aliphatic carboxylic acids is 1.